The highest BCUT2D eigenvalue weighted by Crippen LogP contribution is 2.13. The van der Waals surface area contributed by atoms with E-state index in [4.69, 9.17) is 4.74 Å². The highest BCUT2D eigenvalue weighted by atomic mass is 32.1. The van der Waals surface area contributed by atoms with Crippen molar-refractivity contribution >= 4 is 18.6 Å². The van der Waals surface area contributed by atoms with Crippen LogP contribution in [0.1, 0.15) is 13.8 Å². The van der Waals surface area contributed by atoms with Crippen molar-refractivity contribution in [1.82, 2.24) is 0 Å². The molecule has 0 fully saturated rings. The van der Waals surface area contributed by atoms with Crippen LogP contribution < -0.4 is 0 Å². The van der Waals surface area contributed by atoms with Crippen LogP contribution in [0.25, 0.3) is 0 Å². The van der Waals surface area contributed by atoms with Gasteiger partial charge < -0.3 is 4.74 Å². The van der Waals surface area contributed by atoms with E-state index < -0.39 is 4.75 Å². The van der Waals surface area contributed by atoms with Crippen LogP contribution in [0.4, 0.5) is 0 Å². The summed E-state index contributed by atoms with van der Waals surface area (Å²) in [5.74, 6) is -0.323. The molecule has 0 bridgehead atoms. The number of thiol groups is 1. The van der Waals surface area contributed by atoms with E-state index in [2.05, 4.69) is 19.2 Å². The standard InChI is InChI=1S/C7H12O2S/c1-4-5-9-6(8)7(2,3)10/h4,10H,1,5H2,2-3H3. The van der Waals surface area contributed by atoms with Gasteiger partial charge in [-0.05, 0) is 13.8 Å². The first kappa shape index (κ1) is 9.56. The van der Waals surface area contributed by atoms with Crippen molar-refractivity contribution < 1.29 is 9.53 Å². The van der Waals surface area contributed by atoms with Gasteiger partial charge in [-0.3, -0.25) is 4.79 Å². The van der Waals surface area contributed by atoms with Gasteiger partial charge in [-0.2, -0.15) is 12.6 Å². The second-order valence-corrected chi connectivity index (χ2v) is 3.56. The SMILES string of the molecule is C=CCOC(=O)C(C)(C)S. The normalized spacial score (nSPS) is 10.7. The van der Waals surface area contributed by atoms with Gasteiger partial charge in [-0.15, -0.1) is 0 Å². The predicted molar refractivity (Wildman–Crippen MR) is 44.2 cm³/mol. The molecule has 0 radical (unpaired) electrons. The van der Waals surface area contributed by atoms with E-state index in [1.54, 1.807) is 13.8 Å². The summed E-state index contributed by atoms with van der Waals surface area (Å²) in [6, 6.07) is 0. The van der Waals surface area contributed by atoms with Crippen LogP contribution in [-0.2, 0) is 9.53 Å². The number of carbonyl (C=O) groups is 1. The maximum Gasteiger partial charge on any atom is 0.321 e. The Hall–Kier alpha value is -0.440. The predicted octanol–water partition coefficient (Wildman–Crippen LogP) is 1.42. The van der Waals surface area contributed by atoms with Gasteiger partial charge in [0.15, 0.2) is 0 Å². The van der Waals surface area contributed by atoms with E-state index in [1.807, 2.05) is 0 Å². The minimum Gasteiger partial charge on any atom is -0.460 e. The topological polar surface area (TPSA) is 26.3 Å². The zero-order chi connectivity index (χ0) is 8.20. The first-order valence-corrected chi connectivity index (χ1v) is 3.43. The Bertz CT molecular complexity index is 135. The molecule has 0 rings (SSSR count). The first-order valence-electron chi connectivity index (χ1n) is 2.99. The molecule has 0 aromatic carbocycles. The number of hydrogen-bond acceptors (Lipinski definition) is 3. The molecule has 0 saturated carbocycles. The molecule has 0 unspecified atom stereocenters. The minimum absolute atomic E-state index is 0.253. The van der Waals surface area contributed by atoms with Gasteiger partial charge >= 0.3 is 5.97 Å². The van der Waals surface area contributed by atoms with Gasteiger partial charge in [0.25, 0.3) is 0 Å². The quantitative estimate of drug-likeness (QED) is 0.384. The molecule has 0 spiro atoms. The van der Waals surface area contributed by atoms with Crippen molar-refractivity contribution in [1.29, 1.82) is 0 Å². The van der Waals surface area contributed by atoms with Crippen LogP contribution in [0.2, 0.25) is 0 Å². The molecule has 0 amide bonds. The molecule has 0 aliphatic rings. The molecule has 2 nitrogen and oxygen atoms in total. The summed E-state index contributed by atoms with van der Waals surface area (Å²) in [6.07, 6.45) is 1.53. The molecule has 58 valence electrons. The molecule has 0 heterocycles. The van der Waals surface area contributed by atoms with Crippen LogP contribution in [0, 0.1) is 0 Å². The minimum atomic E-state index is -0.705. The highest BCUT2D eigenvalue weighted by Gasteiger charge is 2.23. The van der Waals surface area contributed by atoms with Gasteiger partial charge in [0.2, 0.25) is 0 Å². The molecule has 0 aromatic rings. The Balaban J connectivity index is 3.74. The summed E-state index contributed by atoms with van der Waals surface area (Å²) in [7, 11) is 0. The number of carbonyl (C=O) groups excluding carboxylic acids is 1. The summed E-state index contributed by atoms with van der Waals surface area (Å²) in [5.41, 5.74) is 0. The van der Waals surface area contributed by atoms with E-state index in [0.29, 0.717) is 0 Å². The average molecular weight is 160 g/mol. The first-order chi connectivity index (χ1) is 4.48. The van der Waals surface area contributed by atoms with E-state index in [9.17, 15) is 4.79 Å². The third-order valence-corrected chi connectivity index (χ3v) is 1.01. The Morgan fingerprint density at radius 1 is 1.80 bits per heavy atom. The summed E-state index contributed by atoms with van der Waals surface area (Å²) in [4.78, 5) is 10.9. The second-order valence-electron chi connectivity index (χ2n) is 2.45. The fourth-order valence-electron chi connectivity index (χ4n) is 0.311. The summed E-state index contributed by atoms with van der Waals surface area (Å²) in [5, 5.41) is 0. The highest BCUT2D eigenvalue weighted by molar-refractivity contribution is 7.82. The van der Waals surface area contributed by atoms with Crippen molar-refractivity contribution in [2.24, 2.45) is 0 Å². The van der Waals surface area contributed by atoms with E-state index in [0.717, 1.165) is 0 Å². The van der Waals surface area contributed by atoms with Crippen LogP contribution in [0.5, 0.6) is 0 Å². The van der Waals surface area contributed by atoms with Gasteiger partial charge in [-0.1, -0.05) is 12.7 Å². The smallest absolute Gasteiger partial charge is 0.321 e. The van der Waals surface area contributed by atoms with Gasteiger partial charge in [0.1, 0.15) is 11.4 Å². The Morgan fingerprint density at radius 2 is 2.30 bits per heavy atom. The lowest BCUT2D eigenvalue weighted by molar-refractivity contribution is -0.144. The third kappa shape index (κ3) is 3.56. The monoisotopic (exact) mass is 160 g/mol. The largest absolute Gasteiger partial charge is 0.460 e. The number of hydrogen-bond donors (Lipinski definition) is 1. The molecule has 0 aliphatic heterocycles. The van der Waals surface area contributed by atoms with Gasteiger partial charge in [-0.25, -0.2) is 0 Å². The summed E-state index contributed by atoms with van der Waals surface area (Å²) in [6.45, 7) is 7.03. The summed E-state index contributed by atoms with van der Waals surface area (Å²) >= 11 is 4.01. The lowest BCUT2D eigenvalue weighted by atomic mass is 10.2. The van der Waals surface area contributed by atoms with Gasteiger partial charge in [0, 0.05) is 0 Å². The molecule has 3 heteroatoms. The number of esters is 1. The average Bonchev–Trinajstić information content (AvgIpc) is 1.80. The van der Waals surface area contributed by atoms with Crippen molar-refractivity contribution in [2.75, 3.05) is 6.61 Å². The summed E-state index contributed by atoms with van der Waals surface area (Å²) < 4.78 is 4.02. The number of ether oxygens (including phenoxy) is 1. The second kappa shape index (κ2) is 3.66. The molecular formula is C7H12O2S. The Labute approximate surface area is 66.7 Å². The zero-order valence-corrected chi connectivity index (χ0v) is 7.15. The van der Waals surface area contributed by atoms with Crippen LogP contribution in [0.3, 0.4) is 0 Å². The third-order valence-electron chi connectivity index (χ3n) is 0.832. The lowest BCUT2D eigenvalue weighted by Gasteiger charge is -2.14. The fourth-order valence-corrected chi connectivity index (χ4v) is 0.376. The maximum absolute atomic E-state index is 10.9. The van der Waals surface area contributed by atoms with Crippen molar-refractivity contribution in [3.63, 3.8) is 0 Å². The Morgan fingerprint density at radius 3 is 2.60 bits per heavy atom. The van der Waals surface area contributed by atoms with Crippen LogP contribution >= 0.6 is 12.6 Å². The molecule has 0 atom stereocenters. The molecule has 0 aliphatic carbocycles. The van der Waals surface area contributed by atoms with E-state index in [-0.39, 0.29) is 12.6 Å². The van der Waals surface area contributed by atoms with Crippen molar-refractivity contribution in [2.45, 2.75) is 18.6 Å². The lowest BCUT2D eigenvalue weighted by Crippen LogP contribution is -2.27. The fraction of sp³-hybridized carbons (Fsp3) is 0.571. The maximum atomic E-state index is 10.9. The van der Waals surface area contributed by atoms with Gasteiger partial charge in [0.05, 0.1) is 0 Å². The molecule has 10 heavy (non-hydrogen) atoms. The molecule has 0 saturated heterocycles. The number of rotatable bonds is 3. The van der Waals surface area contributed by atoms with Crippen molar-refractivity contribution in [3.05, 3.63) is 12.7 Å². The van der Waals surface area contributed by atoms with E-state index in [1.165, 1.54) is 6.08 Å². The molecular weight excluding hydrogens is 148 g/mol. The van der Waals surface area contributed by atoms with E-state index >= 15 is 0 Å². The van der Waals surface area contributed by atoms with Crippen LogP contribution in [-0.4, -0.2) is 17.3 Å². The zero-order valence-electron chi connectivity index (χ0n) is 6.26. The Kier molecular flexibility index (Phi) is 3.50. The molecule has 0 aromatic heterocycles. The van der Waals surface area contributed by atoms with Crippen molar-refractivity contribution in [3.8, 4) is 0 Å². The molecule has 0 N–H and O–H groups in total. The van der Waals surface area contributed by atoms with Crippen LogP contribution in [0.15, 0.2) is 12.7 Å².